The maximum Gasteiger partial charge on any atom is 0.416 e. The van der Waals surface area contributed by atoms with Gasteiger partial charge in [-0.3, -0.25) is 14.8 Å². The van der Waals surface area contributed by atoms with Crippen LogP contribution in [0.25, 0.3) is 10.9 Å². The Balaban J connectivity index is 1.75. The number of hydrogen-bond acceptors (Lipinski definition) is 3. The van der Waals surface area contributed by atoms with Crippen LogP contribution < -0.4 is 5.32 Å². The van der Waals surface area contributed by atoms with E-state index < -0.39 is 23.7 Å². The van der Waals surface area contributed by atoms with Crippen LogP contribution in [0, 0.1) is 11.8 Å². The molecule has 4 rings (SSSR count). The number of rotatable bonds is 4. The molecule has 0 fully saturated rings. The average molecular weight is 445 g/mol. The molecular formula is C26H18F3N3O. The van der Waals surface area contributed by atoms with Crippen LogP contribution in [0.4, 0.5) is 13.2 Å². The molecule has 4 aromatic rings. The van der Waals surface area contributed by atoms with Gasteiger partial charge in [-0.15, -0.1) is 5.92 Å². The maximum absolute atomic E-state index is 13.2. The van der Waals surface area contributed by atoms with Crippen molar-refractivity contribution >= 4 is 16.8 Å². The fourth-order valence-corrected chi connectivity index (χ4v) is 3.49. The molecule has 0 bridgehead atoms. The van der Waals surface area contributed by atoms with Crippen LogP contribution in [-0.2, 0) is 6.18 Å². The summed E-state index contributed by atoms with van der Waals surface area (Å²) in [6.07, 6.45) is -1.23. The minimum Gasteiger partial charge on any atom is -0.339 e. The number of hydrogen-bond donors (Lipinski definition) is 1. The van der Waals surface area contributed by atoms with E-state index in [9.17, 15) is 18.0 Å². The summed E-state index contributed by atoms with van der Waals surface area (Å²) in [5.74, 6) is 5.36. The van der Waals surface area contributed by atoms with E-state index in [1.165, 1.54) is 12.1 Å². The van der Waals surface area contributed by atoms with E-state index in [1.807, 2.05) is 6.07 Å². The molecule has 33 heavy (non-hydrogen) atoms. The molecule has 2 heterocycles. The van der Waals surface area contributed by atoms with Gasteiger partial charge in [-0.25, -0.2) is 0 Å². The van der Waals surface area contributed by atoms with Crippen molar-refractivity contribution in [2.45, 2.75) is 19.1 Å². The molecule has 0 spiro atoms. The molecule has 1 atom stereocenters. The Kier molecular flexibility index (Phi) is 6.09. The van der Waals surface area contributed by atoms with E-state index >= 15 is 0 Å². The minimum atomic E-state index is -4.46. The first-order valence-electron chi connectivity index (χ1n) is 10.1. The number of benzene rings is 2. The van der Waals surface area contributed by atoms with Crippen molar-refractivity contribution in [3.63, 3.8) is 0 Å². The molecule has 0 aliphatic heterocycles. The molecular weight excluding hydrogens is 427 g/mol. The van der Waals surface area contributed by atoms with Crippen molar-refractivity contribution < 1.29 is 18.0 Å². The van der Waals surface area contributed by atoms with Crippen molar-refractivity contribution in [1.29, 1.82) is 0 Å². The van der Waals surface area contributed by atoms with Gasteiger partial charge < -0.3 is 5.32 Å². The molecule has 0 aliphatic carbocycles. The van der Waals surface area contributed by atoms with Gasteiger partial charge in [0.15, 0.2) is 0 Å². The summed E-state index contributed by atoms with van der Waals surface area (Å²) in [7, 11) is 0. The van der Waals surface area contributed by atoms with Gasteiger partial charge in [-0.05, 0) is 61.0 Å². The quantitative estimate of drug-likeness (QED) is 0.420. The second-order valence-corrected chi connectivity index (χ2v) is 7.25. The molecule has 7 heteroatoms. The molecule has 2 aromatic carbocycles. The predicted octanol–water partition coefficient (Wildman–Crippen LogP) is 5.54. The molecule has 164 valence electrons. The molecule has 1 N–H and O–H groups in total. The van der Waals surface area contributed by atoms with Gasteiger partial charge >= 0.3 is 6.18 Å². The Morgan fingerprint density at radius 3 is 2.42 bits per heavy atom. The minimum absolute atomic E-state index is 0.395. The number of nitrogens with one attached hydrogen (secondary N) is 1. The Morgan fingerprint density at radius 1 is 0.970 bits per heavy atom. The van der Waals surface area contributed by atoms with Crippen LogP contribution >= 0.6 is 0 Å². The smallest absolute Gasteiger partial charge is 0.339 e. The lowest BCUT2D eigenvalue weighted by Gasteiger charge is -2.21. The second-order valence-electron chi connectivity index (χ2n) is 7.25. The van der Waals surface area contributed by atoms with Crippen LogP contribution in [0.5, 0.6) is 0 Å². The van der Waals surface area contributed by atoms with E-state index in [-0.39, 0.29) is 0 Å². The highest BCUT2D eigenvalue weighted by atomic mass is 19.4. The molecule has 0 saturated heterocycles. The monoisotopic (exact) mass is 445 g/mol. The van der Waals surface area contributed by atoms with Gasteiger partial charge in [0, 0.05) is 28.9 Å². The molecule has 2 aromatic heterocycles. The lowest BCUT2D eigenvalue weighted by atomic mass is 9.97. The lowest BCUT2D eigenvalue weighted by Crippen LogP contribution is -2.30. The molecule has 0 aliphatic rings. The Bertz CT molecular complexity index is 1370. The van der Waals surface area contributed by atoms with Crippen molar-refractivity contribution in [2.75, 3.05) is 0 Å². The third kappa shape index (κ3) is 4.85. The highest BCUT2D eigenvalue weighted by Crippen LogP contribution is 2.31. The topological polar surface area (TPSA) is 54.9 Å². The molecule has 1 unspecified atom stereocenters. The zero-order chi connectivity index (χ0) is 23.4. The fourth-order valence-electron chi connectivity index (χ4n) is 3.49. The summed E-state index contributed by atoms with van der Waals surface area (Å²) in [6, 6.07) is 16.1. The standard InChI is InChI=1S/C26H18F3N3O/c1-2-5-17-6-3-15-31-23(17)24(18-8-11-21(12-9-18)26(27,28)29)32-25(33)20-10-13-22-19(16-20)7-4-14-30-22/h3-4,6-16,24H,1H3,(H,32,33). The van der Waals surface area contributed by atoms with Gasteiger partial charge in [0.05, 0.1) is 22.8 Å². The Morgan fingerprint density at radius 2 is 1.70 bits per heavy atom. The summed E-state index contributed by atoms with van der Waals surface area (Å²) in [5.41, 5.74) is 1.85. The summed E-state index contributed by atoms with van der Waals surface area (Å²) in [6.45, 7) is 1.67. The van der Waals surface area contributed by atoms with Crippen molar-refractivity contribution in [1.82, 2.24) is 15.3 Å². The third-order valence-electron chi connectivity index (χ3n) is 5.08. The molecule has 1 amide bonds. The van der Waals surface area contributed by atoms with Crippen LogP contribution in [0.15, 0.2) is 79.1 Å². The SMILES string of the molecule is CC#Cc1cccnc1C(NC(=O)c1ccc2ncccc2c1)c1ccc(C(F)(F)F)cc1. The highest BCUT2D eigenvalue weighted by molar-refractivity contribution is 5.98. The zero-order valence-electron chi connectivity index (χ0n) is 17.5. The van der Waals surface area contributed by atoms with Gasteiger partial charge in [-0.1, -0.05) is 24.1 Å². The van der Waals surface area contributed by atoms with Gasteiger partial charge in [0.2, 0.25) is 0 Å². The number of fused-ring (bicyclic) bond motifs is 1. The number of alkyl halides is 3. The third-order valence-corrected chi connectivity index (χ3v) is 5.08. The highest BCUT2D eigenvalue weighted by Gasteiger charge is 2.31. The summed E-state index contributed by atoms with van der Waals surface area (Å²) in [4.78, 5) is 21.8. The largest absolute Gasteiger partial charge is 0.416 e. The Hall–Kier alpha value is -4.18. The molecule has 0 radical (unpaired) electrons. The molecule has 4 nitrogen and oxygen atoms in total. The van der Waals surface area contributed by atoms with Crippen LogP contribution in [0.2, 0.25) is 0 Å². The normalized spacial score (nSPS) is 12.0. The maximum atomic E-state index is 13.2. The van der Waals surface area contributed by atoms with E-state index in [0.717, 1.165) is 23.0 Å². The second kappa shape index (κ2) is 9.13. The number of amides is 1. The molecule has 0 saturated carbocycles. The Labute approximate surface area is 188 Å². The fraction of sp³-hybridized carbons (Fsp3) is 0.115. The first-order valence-corrected chi connectivity index (χ1v) is 10.1. The summed E-state index contributed by atoms with van der Waals surface area (Å²) in [5, 5.41) is 3.71. The van der Waals surface area contributed by atoms with Crippen molar-refractivity contribution in [2.24, 2.45) is 0 Å². The van der Waals surface area contributed by atoms with Crippen molar-refractivity contribution in [3.8, 4) is 11.8 Å². The van der Waals surface area contributed by atoms with Crippen LogP contribution in [0.3, 0.4) is 0 Å². The van der Waals surface area contributed by atoms with E-state index in [0.29, 0.717) is 22.4 Å². The van der Waals surface area contributed by atoms with Crippen molar-refractivity contribution in [3.05, 3.63) is 107 Å². The number of halogens is 3. The number of nitrogens with zero attached hydrogens (tertiary/aromatic N) is 2. The van der Waals surface area contributed by atoms with E-state index in [2.05, 4.69) is 27.1 Å². The number of pyridine rings is 2. The van der Waals surface area contributed by atoms with Gasteiger partial charge in [0.25, 0.3) is 5.91 Å². The van der Waals surface area contributed by atoms with Gasteiger partial charge in [-0.2, -0.15) is 13.2 Å². The zero-order valence-corrected chi connectivity index (χ0v) is 17.5. The van der Waals surface area contributed by atoms with Crippen LogP contribution in [-0.4, -0.2) is 15.9 Å². The first-order chi connectivity index (χ1) is 15.9. The predicted molar refractivity (Wildman–Crippen MR) is 119 cm³/mol. The number of aromatic nitrogens is 2. The lowest BCUT2D eigenvalue weighted by molar-refractivity contribution is -0.137. The summed E-state index contributed by atoms with van der Waals surface area (Å²) < 4.78 is 39.2. The van der Waals surface area contributed by atoms with E-state index in [4.69, 9.17) is 0 Å². The van der Waals surface area contributed by atoms with E-state index in [1.54, 1.807) is 55.7 Å². The first kappa shape index (κ1) is 22.0. The number of carbonyl (C=O) groups is 1. The van der Waals surface area contributed by atoms with Crippen LogP contribution in [0.1, 0.15) is 45.7 Å². The average Bonchev–Trinajstić information content (AvgIpc) is 2.82. The summed E-state index contributed by atoms with van der Waals surface area (Å²) >= 11 is 0. The number of carbonyl (C=O) groups excluding carboxylic acids is 1. The van der Waals surface area contributed by atoms with Gasteiger partial charge in [0.1, 0.15) is 0 Å².